The number of rotatable bonds is 3. The molecule has 0 aliphatic heterocycles. The third kappa shape index (κ3) is 3.97. The zero-order chi connectivity index (χ0) is 16.5. The second-order valence-electron chi connectivity index (χ2n) is 6.25. The number of para-hydroxylation sites is 1. The van der Waals surface area contributed by atoms with Gasteiger partial charge in [0.25, 0.3) is 0 Å². The molecule has 0 spiro atoms. The molecule has 4 aromatic rings. The Balaban J connectivity index is 0.00000121. The van der Waals surface area contributed by atoms with E-state index in [1.165, 1.54) is 33.3 Å². The first-order valence-corrected chi connectivity index (χ1v) is 8.21. The van der Waals surface area contributed by atoms with Gasteiger partial charge in [-0.05, 0) is 29.2 Å². The fourth-order valence-electron chi connectivity index (χ4n) is 3.23. The maximum absolute atomic E-state index is 4.39. The van der Waals surface area contributed by atoms with Gasteiger partial charge in [-0.25, -0.2) is 0 Å². The fourth-order valence-corrected chi connectivity index (χ4v) is 3.23. The Bertz CT molecular complexity index is 1000. The molecule has 3 heteroatoms. The van der Waals surface area contributed by atoms with Gasteiger partial charge >= 0.3 is 0 Å². The van der Waals surface area contributed by atoms with Crippen LogP contribution in [0.15, 0.2) is 66.7 Å². The molecule has 2 nitrogen and oxygen atoms in total. The van der Waals surface area contributed by atoms with E-state index in [0.717, 1.165) is 12.1 Å². The summed E-state index contributed by atoms with van der Waals surface area (Å²) in [4.78, 5) is 4.39. The van der Waals surface area contributed by atoms with Crippen LogP contribution in [0.25, 0.3) is 22.2 Å². The molecule has 0 aliphatic carbocycles. The molecular formula is C23H22N2Y-2. The van der Waals surface area contributed by atoms with Crippen LogP contribution in [-0.4, -0.2) is 9.55 Å². The normalized spacial score (nSPS) is 10.2. The first-order valence-electron chi connectivity index (χ1n) is 8.21. The number of benzene rings is 3. The molecule has 1 heterocycles. The molecule has 0 N–H and O–H groups in total. The van der Waals surface area contributed by atoms with Crippen molar-refractivity contribution >= 4 is 11.0 Å². The zero-order valence-corrected chi connectivity index (χ0v) is 18.4. The minimum atomic E-state index is 0. The van der Waals surface area contributed by atoms with E-state index < -0.39 is 0 Å². The molecule has 1 aromatic heterocycles. The molecule has 0 saturated carbocycles. The van der Waals surface area contributed by atoms with Crippen LogP contribution >= 0.6 is 0 Å². The predicted octanol–water partition coefficient (Wildman–Crippen LogP) is 5.62. The van der Waals surface area contributed by atoms with Crippen molar-refractivity contribution in [2.24, 2.45) is 0 Å². The molecular weight excluding hydrogens is 393 g/mol. The predicted molar refractivity (Wildman–Crippen MR) is 105 cm³/mol. The van der Waals surface area contributed by atoms with E-state index in [2.05, 4.69) is 84.3 Å². The molecule has 0 bridgehead atoms. The number of fused-ring (bicyclic) bond motifs is 1. The van der Waals surface area contributed by atoms with E-state index in [1.807, 2.05) is 12.1 Å². The average molecular weight is 415 g/mol. The maximum Gasteiger partial charge on any atom is 0.0251 e. The van der Waals surface area contributed by atoms with Crippen LogP contribution in [0.1, 0.15) is 16.7 Å². The molecule has 3 aromatic carbocycles. The summed E-state index contributed by atoms with van der Waals surface area (Å²) in [5.74, 6) is 0. The standard InChI is InChI=1S/C22H19N2.CH3.Y/c1-16-6-3-4-8-20(16)19-12-10-18(11-13-19)14-24-15-23-21-9-5-7-17(2)22(21)24;;/h3-13H,14H2,1-2H3;1H3;/q2*-1;. The van der Waals surface area contributed by atoms with Gasteiger partial charge in [0.05, 0.1) is 0 Å². The number of hydrogen-bond donors (Lipinski definition) is 0. The molecule has 129 valence electrons. The summed E-state index contributed by atoms with van der Waals surface area (Å²) in [6.07, 6.45) is 3.13. The van der Waals surface area contributed by atoms with Crippen molar-refractivity contribution in [1.29, 1.82) is 0 Å². The Hall–Kier alpha value is -1.77. The van der Waals surface area contributed by atoms with Gasteiger partial charge in [-0.15, -0.1) is 6.07 Å². The fraction of sp³-hybridized carbons (Fsp3) is 0.130. The number of aryl methyl sites for hydroxylation is 2. The molecule has 0 aliphatic rings. The summed E-state index contributed by atoms with van der Waals surface area (Å²) in [5, 5.41) is 0. The van der Waals surface area contributed by atoms with Gasteiger partial charge in [-0.3, -0.25) is 0 Å². The van der Waals surface area contributed by atoms with Crippen molar-refractivity contribution < 1.29 is 32.7 Å². The van der Waals surface area contributed by atoms with Crippen LogP contribution in [0.5, 0.6) is 0 Å². The first kappa shape index (κ1) is 20.5. The topological polar surface area (TPSA) is 17.8 Å². The second-order valence-corrected chi connectivity index (χ2v) is 6.25. The third-order valence-corrected chi connectivity index (χ3v) is 4.53. The van der Waals surface area contributed by atoms with Crippen molar-refractivity contribution in [1.82, 2.24) is 9.55 Å². The molecule has 0 saturated heterocycles. The summed E-state index contributed by atoms with van der Waals surface area (Å²) in [7, 11) is 0. The van der Waals surface area contributed by atoms with Crippen LogP contribution in [0, 0.1) is 27.6 Å². The van der Waals surface area contributed by atoms with Gasteiger partial charge in [0, 0.05) is 45.6 Å². The van der Waals surface area contributed by atoms with Gasteiger partial charge in [-0.1, -0.05) is 84.2 Å². The van der Waals surface area contributed by atoms with Crippen molar-refractivity contribution in [3.8, 4) is 11.1 Å². The van der Waals surface area contributed by atoms with E-state index in [0.29, 0.717) is 0 Å². The molecule has 26 heavy (non-hydrogen) atoms. The van der Waals surface area contributed by atoms with E-state index in [4.69, 9.17) is 0 Å². The summed E-state index contributed by atoms with van der Waals surface area (Å²) in [6, 6.07) is 23.5. The molecule has 4 rings (SSSR count). The minimum absolute atomic E-state index is 0. The summed E-state index contributed by atoms with van der Waals surface area (Å²) < 4.78 is 2.10. The number of aromatic nitrogens is 2. The second kappa shape index (κ2) is 8.75. The number of nitrogens with zero attached hydrogens (tertiary/aromatic N) is 2. The first-order chi connectivity index (χ1) is 11.7. The smallest absolute Gasteiger partial charge is 0.0251 e. The summed E-state index contributed by atoms with van der Waals surface area (Å²) >= 11 is 0. The van der Waals surface area contributed by atoms with Crippen LogP contribution in [0.3, 0.4) is 0 Å². The van der Waals surface area contributed by atoms with Crippen molar-refractivity contribution in [2.75, 3.05) is 0 Å². The molecule has 0 atom stereocenters. The Morgan fingerprint density at radius 2 is 1.54 bits per heavy atom. The zero-order valence-electron chi connectivity index (χ0n) is 15.5. The van der Waals surface area contributed by atoms with Crippen LogP contribution < -0.4 is 0 Å². The van der Waals surface area contributed by atoms with E-state index in [1.54, 1.807) is 0 Å². The van der Waals surface area contributed by atoms with Crippen molar-refractivity contribution in [3.05, 3.63) is 97.2 Å². The summed E-state index contributed by atoms with van der Waals surface area (Å²) in [5.41, 5.74) is 8.51. The van der Waals surface area contributed by atoms with E-state index in [-0.39, 0.29) is 40.1 Å². The Morgan fingerprint density at radius 3 is 2.27 bits per heavy atom. The third-order valence-electron chi connectivity index (χ3n) is 4.53. The Morgan fingerprint density at radius 1 is 0.846 bits per heavy atom. The van der Waals surface area contributed by atoms with Crippen molar-refractivity contribution in [3.63, 3.8) is 0 Å². The SMILES string of the molecule is Cc1ccccc1-c1ccc(Cn2[c-]nc3cccc(C)c32)cc1.[CH3-].[Y]. The monoisotopic (exact) mass is 415 g/mol. The Kier molecular flexibility index (Phi) is 6.91. The van der Waals surface area contributed by atoms with Gasteiger partial charge in [0.15, 0.2) is 0 Å². The van der Waals surface area contributed by atoms with Crippen LogP contribution in [0.2, 0.25) is 0 Å². The maximum atomic E-state index is 4.39. The summed E-state index contributed by atoms with van der Waals surface area (Å²) in [6.45, 7) is 5.06. The van der Waals surface area contributed by atoms with E-state index >= 15 is 0 Å². The number of imidazole rings is 1. The largest absolute Gasteiger partial charge is 0.443 e. The molecule has 1 radical (unpaired) electrons. The van der Waals surface area contributed by atoms with Gasteiger partial charge in [0.1, 0.15) is 0 Å². The molecule has 0 amide bonds. The van der Waals surface area contributed by atoms with Crippen LogP contribution in [0.4, 0.5) is 0 Å². The minimum Gasteiger partial charge on any atom is -0.443 e. The van der Waals surface area contributed by atoms with Gasteiger partial charge in [-0.2, -0.15) is 0 Å². The molecule has 0 fully saturated rings. The van der Waals surface area contributed by atoms with Crippen LogP contribution in [-0.2, 0) is 39.3 Å². The molecule has 0 unspecified atom stereocenters. The Labute approximate surface area is 181 Å². The van der Waals surface area contributed by atoms with Gasteiger partial charge < -0.3 is 17.0 Å². The average Bonchev–Trinajstić information content (AvgIpc) is 3.01. The van der Waals surface area contributed by atoms with Gasteiger partial charge in [0.2, 0.25) is 0 Å². The number of hydrogen-bond acceptors (Lipinski definition) is 1. The quantitative estimate of drug-likeness (QED) is 0.398. The van der Waals surface area contributed by atoms with E-state index in [9.17, 15) is 0 Å². The van der Waals surface area contributed by atoms with Crippen molar-refractivity contribution in [2.45, 2.75) is 20.4 Å².